The highest BCUT2D eigenvalue weighted by molar-refractivity contribution is 5.45. The molecule has 2 aromatic rings. The van der Waals surface area contributed by atoms with Gasteiger partial charge in [-0.15, -0.1) is 0 Å². The van der Waals surface area contributed by atoms with Crippen molar-refractivity contribution in [2.24, 2.45) is 0 Å². The van der Waals surface area contributed by atoms with Crippen LogP contribution in [0.3, 0.4) is 0 Å². The molecule has 0 atom stereocenters. The average molecular weight is 229 g/mol. The maximum Gasteiger partial charge on any atom is 0.272 e. The van der Waals surface area contributed by atoms with Crippen LogP contribution in [0.15, 0.2) is 42.6 Å². The summed E-state index contributed by atoms with van der Waals surface area (Å²) in [6, 6.07) is 11.9. The molecule has 1 aromatic heterocycles. The van der Waals surface area contributed by atoms with E-state index in [0.717, 1.165) is 29.4 Å². The minimum Gasteiger partial charge on any atom is -0.454 e. The fraction of sp³-hybridized carbons (Fsp3) is 0.154. The first-order valence-electron chi connectivity index (χ1n) is 5.51. The smallest absolute Gasteiger partial charge is 0.272 e. The van der Waals surface area contributed by atoms with Gasteiger partial charge in [-0.1, -0.05) is 12.1 Å². The van der Waals surface area contributed by atoms with Crippen LogP contribution in [0.2, 0.25) is 0 Å². The lowest BCUT2D eigenvalue weighted by Gasteiger charge is -2.01. The molecule has 0 spiro atoms. The molecule has 17 heavy (non-hydrogen) atoms. The Morgan fingerprint density at radius 1 is 1.12 bits per heavy atom. The van der Waals surface area contributed by atoms with Gasteiger partial charge in [0.1, 0.15) is 6.54 Å². The summed E-state index contributed by atoms with van der Waals surface area (Å²) in [6.45, 7) is 1.07. The molecule has 0 aliphatic carbocycles. The summed E-state index contributed by atoms with van der Waals surface area (Å²) in [4.78, 5) is 3.12. The van der Waals surface area contributed by atoms with Gasteiger partial charge < -0.3 is 9.47 Å². The van der Waals surface area contributed by atoms with Gasteiger partial charge in [-0.2, -0.15) is 0 Å². The molecule has 0 saturated heterocycles. The second-order valence-corrected chi connectivity index (χ2v) is 3.82. The highest BCUT2D eigenvalue weighted by Gasteiger charge is 2.13. The van der Waals surface area contributed by atoms with Crippen LogP contribution < -0.4 is 19.8 Å². The molecule has 0 saturated carbocycles. The number of aromatic amines is 1. The number of ether oxygens (including phenoxy) is 2. The number of hydrogen-bond donors (Lipinski definition) is 1. The van der Waals surface area contributed by atoms with Gasteiger partial charge in [0.15, 0.2) is 11.5 Å². The van der Waals surface area contributed by atoms with E-state index >= 15 is 0 Å². The fourth-order valence-corrected chi connectivity index (χ4v) is 1.75. The fourth-order valence-electron chi connectivity index (χ4n) is 1.75. The SMILES string of the molecule is c1ccc(NCc2ccc3c(c2)OCO3)[nH+]c1. The Hall–Kier alpha value is -2.23. The van der Waals surface area contributed by atoms with Crippen molar-refractivity contribution in [3.63, 3.8) is 0 Å². The van der Waals surface area contributed by atoms with E-state index in [0.29, 0.717) is 6.79 Å². The molecule has 4 nitrogen and oxygen atoms in total. The lowest BCUT2D eigenvalue weighted by molar-refractivity contribution is -0.361. The first-order valence-corrected chi connectivity index (χ1v) is 5.51. The number of fused-ring (bicyclic) bond motifs is 1. The number of pyridine rings is 1. The Morgan fingerprint density at radius 3 is 2.94 bits per heavy atom. The molecule has 2 heterocycles. The average Bonchev–Trinajstić information content (AvgIpc) is 2.85. The van der Waals surface area contributed by atoms with Gasteiger partial charge in [0.05, 0.1) is 6.20 Å². The van der Waals surface area contributed by atoms with Gasteiger partial charge in [-0.3, -0.25) is 5.32 Å². The molecule has 1 aromatic carbocycles. The van der Waals surface area contributed by atoms with Crippen LogP contribution in [0.1, 0.15) is 5.56 Å². The maximum absolute atomic E-state index is 5.33. The van der Waals surface area contributed by atoms with Gasteiger partial charge in [0, 0.05) is 6.07 Å². The maximum atomic E-state index is 5.33. The first-order chi connectivity index (χ1) is 8.42. The van der Waals surface area contributed by atoms with Crippen LogP contribution in [-0.4, -0.2) is 6.79 Å². The van der Waals surface area contributed by atoms with E-state index in [-0.39, 0.29) is 0 Å². The second kappa shape index (κ2) is 4.33. The van der Waals surface area contributed by atoms with Crippen LogP contribution in [0.25, 0.3) is 0 Å². The van der Waals surface area contributed by atoms with E-state index in [9.17, 15) is 0 Å². The van der Waals surface area contributed by atoms with E-state index in [1.165, 1.54) is 0 Å². The van der Waals surface area contributed by atoms with Gasteiger partial charge in [0.25, 0.3) is 5.82 Å². The number of rotatable bonds is 3. The van der Waals surface area contributed by atoms with Gasteiger partial charge in [-0.05, 0) is 23.8 Å². The summed E-state index contributed by atoms with van der Waals surface area (Å²) in [5.74, 6) is 2.63. The van der Waals surface area contributed by atoms with Crippen molar-refractivity contribution < 1.29 is 14.5 Å². The first kappa shape index (κ1) is 9.96. The predicted molar refractivity (Wildman–Crippen MR) is 62.9 cm³/mol. The summed E-state index contributed by atoms with van der Waals surface area (Å²) < 4.78 is 10.6. The normalized spacial score (nSPS) is 12.5. The molecule has 0 unspecified atom stereocenters. The topological polar surface area (TPSA) is 44.6 Å². The van der Waals surface area contributed by atoms with Crippen LogP contribution in [0, 0.1) is 0 Å². The molecule has 3 rings (SSSR count). The zero-order chi connectivity index (χ0) is 11.5. The molecular weight excluding hydrogens is 216 g/mol. The Labute approximate surface area is 99.2 Å². The Bertz CT molecular complexity index is 514. The highest BCUT2D eigenvalue weighted by Crippen LogP contribution is 2.32. The highest BCUT2D eigenvalue weighted by atomic mass is 16.7. The number of H-pyrrole nitrogens is 1. The quantitative estimate of drug-likeness (QED) is 0.873. The molecule has 1 aliphatic rings. The predicted octanol–water partition coefficient (Wildman–Crippen LogP) is 1.84. The number of aromatic nitrogens is 1. The Balaban J connectivity index is 1.70. The second-order valence-electron chi connectivity index (χ2n) is 3.82. The zero-order valence-electron chi connectivity index (χ0n) is 9.27. The van der Waals surface area contributed by atoms with Crippen molar-refractivity contribution in [2.45, 2.75) is 6.54 Å². The van der Waals surface area contributed by atoms with Crippen molar-refractivity contribution in [3.8, 4) is 11.5 Å². The summed E-state index contributed by atoms with van der Waals surface area (Å²) in [7, 11) is 0. The molecule has 0 fully saturated rings. The number of nitrogens with one attached hydrogen (secondary N) is 2. The Morgan fingerprint density at radius 2 is 2.06 bits per heavy atom. The molecule has 0 amide bonds. The van der Waals surface area contributed by atoms with Gasteiger partial charge in [0.2, 0.25) is 6.79 Å². The van der Waals surface area contributed by atoms with Gasteiger partial charge >= 0.3 is 0 Å². The standard InChI is InChI=1S/C13H12N2O2/c1-2-6-14-13(3-1)15-8-10-4-5-11-12(7-10)17-9-16-11/h1-7H,8-9H2,(H,14,15)/p+1. The molecule has 4 heteroatoms. The zero-order valence-corrected chi connectivity index (χ0v) is 9.27. The number of hydrogen-bond acceptors (Lipinski definition) is 3. The van der Waals surface area contributed by atoms with Crippen molar-refractivity contribution in [2.75, 3.05) is 12.1 Å². The molecule has 1 aliphatic heterocycles. The van der Waals surface area contributed by atoms with Crippen molar-refractivity contribution in [3.05, 3.63) is 48.2 Å². The van der Waals surface area contributed by atoms with E-state index in [2.05, 4.69) is 10.3 Å². The molecule has 2 N–H and O–H groups in total. The van der Waals surface area contributed by atoms with E-state index in [1.54, 1.807) is 0 Å². The summed E-state index contributed by atoms with van der Waals surface area (Å²) in [5, 5.41) is 3.30. The summed E-state index contributed by atoms with van der Waals surface area (Å²) in [5.41, 5.74) is 1.16. The summed E-state index contributed by atoms with van der Waals surface area (Å²) in [6.07, 6.45) is 1.89. The third-order valence-electron chi connectivity index (χ3n) is 2.63. The minimum absolute atomic E-state index is 0.318. The number of anilines is 1. The van der Waals surface area contributed by atoms with E-state index < -0.39 is 0 Å². The van der Waals surface area contributed by atoms with Gasteiger partial charge in [-0.25, -0.2) is 4.98 Å². The molecule has 0 bridgehead atoms. The van der Waals surface area contributed by atoms with Crippen molar-refractivity contribution in [1.82, 2.24) is 0 Å². The Kier molecular flexibility index (Phi) is 2.54. The van der Waals surface area contributed by atoms with Crippen molar-refractivity contribution in [1.29, 1.82) is 0 Å². The van der Waals surface area contributed by atoms with E-state index in [1.807, 2.05) is 42.6 Å². The molecule has 86 valence electrons. The van der Waals surface area contributed by atoms with Crippen LogP contribution in [0.4, 0.5) is 5.82 Å². The third kappa shape index (κ3) is 2.15. The third-order valence-corrected chi connectivity index (χ3v) is 2.63. The van der Waals surface area contributed by atoms with Crippen LogP contribution >= 0.6 is 0 Å². The van der Waals surface area contributed by atoms with Crippen LogP contribution in [-0.2, 0) is 6.54 Å². The molecule has 0 radical (unpaired) electrons. The van der Waals surface area contributed by atoms with Crippen LogP contribution in [0.5, 0.6) is 11.5 Å². The molecular formula is C13H13N2O2+. The monoisotopic (exact) mass is 229 g/mol. The largest absolute Gasteiger partial charge is 0.454 e. The lowest BCUT2D eigenvalue weighted by Crippen LogP contribution is -2.11. The van der Waals surface area contributed by atoms with Crippen molar-refractivity contribution >= 4 is 5.82 Å². The summed E-state index contributed by atoms with van der Waals surface area (Å²) >= 11 is 0. The van der Waals surface area contributed by atoms with E-state index in [4.69, 9.17) is 9.47 Å². The number of benzene rings is 1. The minimum atomic E-state index is 0.318. The lowest BCUT2D eigenvalue weighted by atomic mass is 10.2.